The molecule has 3 heterocycles. The van der Waals surface area contributed by atoms with Gasteiger partial charge in [0.2, 0.25) is 0 Å². The van der Waals surface area contributed by atoms with E-state index in [1.54, 1.807) is 6.26 Å². The summed E-state index contributed by atoms with van der Waals surface area (Å²) in [5, 5.41) is 0.762. The first-order valence-corrected chi connectivity index (χ1v) is 12.2. The van der Waals surface area contributed by atoms with Crippen molar-refractivity contribution in [2.75, 3.05) is 6.61 Å². The fourth-order valence-electron chi connectivity index (χ4n) is 5.44. The van der Waals surface area contributed by atoms with Gasteiger partial charge in [0.05, 0.1) is 23.0 Å². The van der Waals surface area contributed by atoms with Crippen LogP contribution in [0.3, 0.4) is 0 Å². The van der Waals surface area contributed by atoms with Crippen LogP contribution in [0.1, 0.15) is 73.3 Å². The number of fused-ring (bicyclic) bond motifs is 2. The number of carbonyl (C=O) groups is 2. The highest BCUT2D eigenvalue weighted by molar-refractivity contribution is 6.07. The maximum absolute atomic E-state index is 13.4. The number of aromatic nitrogens is 1. The smallest absolute Gasteiger partial charge is 0.339 e. The summed E-state index contributed by atoms with van der Waals surface area (Å²) < 4.78 is 11.2. The zero-order valence-corrected chi connectivity index (χ0v) is 19.8. The number of amides is 1. The first-order valence-electron chi connectivity index (χ1n) is 12.2. The highest BCUT2D eigenvalue weighted by Gasteiger charge is 2.31. The largest absolute Gasteiger partial charge is 0.465 e. The van der Waals surface area contributed by atoms with Crippen LogP contribution >= 0.6 is 0 Å². The summed E-state index contributed by atoms with van der Waals surface area (Å²) in [6.07, 6.45) is 9.23. The van der Waals surface area contributed by atoms with Crippen LogP contribution in [0.4, 0.5) is 0 Å². The van der Waals surface area contributed by atoms with Crippen molar-refractivity contribution in [1.29, 1.82) is 0 Å². The number of allylic oxidation sites excluding steroid dienone is 1. The minimum atomic E-state index is -0.459. The van der Waals surface area contributed by atoms with Gasteiger partial charge in [-0.3, -0.25) is 4.79 Å². The van der Waals surface area contributed by atoms with Crippen molar-refractivity contribution >= 4 is 34.4 Å². The normalized spacial score (nSPS) is 21.5. The quantitative estimate of drug-likeness (QED) is 0.472. The Labute approximate surface area is 199 Å². The van der Waals surface area contributed by atoms with Gasteiger partial charge in [-0.05, 0) is 87.8 Å². The maximum atomic E-state index is 13.4. The van der Waals surface area contributed by atoms with E-state index in [1.165, 1.54) is 0 Å². The van der Waals surface area contributed by atoms with Gasteiger partial charge in [0.25, 0.3) is 5.91 Å². The number of para-hydroxylation sites is 1. The third-order valence-electron chi connectivity index (χ3n) is 7.04. The van der Waals surface area contributed by atoms with Crippen LogP contribution in [0.5, 0.6) is 0 Å². The average molecular weight is 459 g/mol. The Balaban J connectivity index is 1.48. The molecule has 6 nitrogen and oxygen atoms in total. The Morgan fingerprint density at radius 1 is 1.09 bits per heavy atom. The van der Waals surface area contributed by atoms with E-state index < -0.39 is 5.97 Å². The van der Waals surface area contributed by atoms with Crippen molar-refractivity contribution in [2.24, 2.45) is 0 Å². The molecular formula is C28H30N2O4. The molecule has 2 atom stereocenters. The molecule has 34 heavy (non-hydrogen) atoms. The number of nitrogens with zero attached hydrogens (tertiary/aromatic N) is 2. The lowest BCUT2D eigenvalue weighted by Crippen LogP contribution is -2.49. The lowest BCUT2D eigenvalue weighted by Gasteiger charge is -2.38. The molecule has 5 rings (SSSR count). The maximum Gasteiger partial charge on any atom is 0.339 e. The Morgan fingerprint density at radius 3 is 2.65 bits per heavy atom. The SMILES string of the molecule is CC1CCCC(C)N1C(=O)COC(=O)c1c2c(nc3ccccc13)C(=Cc1ccco1)CCC2. The molecule has 1 aliphatic heterocycles. The number of hydrogen-bond donors (Lipinski definition) is 0. The summed E-state index contributed by atoms with van der Waals surface area (Å²) >= 11 is 0. The van der Waals surface area contributed by atoms with Gasteiger partial charge < -0.3 is 14.1 Å². The summed E-state index contributed by atoms with van der Waals surface area (Å²) in [7, 11) is 0. The van der Waals surface area contributed by atoms with E-state index in [0.717, 1.165) is 72.0 Å². The predicted octanol–water partition coefficient (Wildman–Crippen LogP) is 5.65. The molecule has 6 heteroatoms. The first-order chi connectivity index (χ1) is 16.5. The van der Waals surface area contributed by atoms with Crippen molar-refractivity contribution in [2.45, 2.75) is 64.5 Å². The lowest BCUT2D eigenvalue weighted by molar-refractivity contribution is -0.140. The van der Waals surface area contributed by atoms with Crippen molar-refractivity contribution < 1.29 is 18.7 Å². The molecule has 1 fully saturated rings. The molecule has 0 bridgehead atoms. The minimum Gasteiger partial charge on any atom is -0.465 e. The molecule has 1 saturated heterocycles. The number of furan rings is 1. The summed E-state index contributed by atoms with van der Waals surface area (Å²) in [6.45, 7) is 3.89. The van der Waals surface area contributed by atoms with E-state index in [1.807, 2.05) is 47.4 Å². The fourth-order valence-corrected chi connectivity index (χ4v) is 5.44. The monoisotopic (exact) mass is 458 g/mol. The third kappa shape index (κ3) is 4.25. The van der Waals surface area contributed by atoms with E-state index in [-0.39, 0.29) is 24.6 Å². The van der Waals surface area contributed by atoms with Crippen LogP contribution in [0.2, 0.25) is 0 Å². The van der Waals surface area contributed by atoms with Crippen LogP contribution in [-0.2, 0) is 16.0 Å². The third-order valence-corrected chi connectivity index (χ3v) is 7.04. The van der Waals surface area contributed by atoms with E-state index >= 15 is 0 Å². The number of benzene rings is 1. The van der Waals surface area contributed by atoms with Gasteiger partial charge in [-0.15, -0.1) is 0 Å². The Bertz CT molecular complexity index is 1230. The second-order valence-corrected chi connectivity index (χ2v) is 9.38. The summed E-state index contributed by atoms with van der Waals surface area (Å²) in [5.41, 5.74) is 4.02. The first kappa shape index (κ1) is 22.4. The Morgan fingerprint density at radius 2 is 1.88 bits per heavy atom. The van der Waals surface area contributed by atoms with Crippen LogP contribution in [0.25, 0.3) is 22.6 Å². The van der Waals surface area contributed by atoms with E-state index in [2.05, 4.69) is 13.8 Å². The number of hydrogen-bond acceptors (Lipinski definition) is 5. The zero-order chi connectivity index (χ0) is 23.7. The van der Waals surface area contributed by atoms with E-state index in [4.69, 9.17) is 14.1 Å². The number of carbonyl (C=O) groups excluding carboxylic acids is 2. The molecule has 0 radical (unpaired) electrons. The minimum absolute atomic E-state index is 0.126. The average Bonchev–Trinajstić information content (AvgIpc) is 3.34. The zero-order valence-electron chi connectivity index (χ0n) is 19.8. The van der Waals surface area contributed by atoms with Gasteiger partial charge in [0, 0.05) is 17.5 Å². The molecule has 0 saturated carbocycles. The van der Waals surface area contributed by atoms with Crippen LogP contribution in [-0.4, -0.2) is 40.5 Å². The molecular weight excluding hydrogens is 428 g/mol. The highest BCUT2D eigenvalue weighted by atomic mass is 16.5. The standard InChI is InChI=1S/C28H30N2O4/c1-18-8-5-9-19(2)30(18)25(31)17-34-28(32)26-22-12-3-4-14-24(22)29-27-20(10-6-13-23(26)27)16-21-11-7-15-33-21/h3-4,7,11-12,14-16,18-19H,5-6,8-10,13,17H2,1-2H3. The van der Waals surface area contributed by atoms with Gasteiger partial charge in [-0.1, -0.05) is 18.2 Å². The van der Waals surface area contributed by atoms with Gasteiger partial charge in [-0.2, -0.15) is 0 Å². The van der Waals surface area contributed by atoms with Gasteiger partial charge in [-0.25, -0.2) is 9.78 Å². The van der Waals surface area contributed by atoms with Gasteiger partial charge >= 0.3 is 5.97 Å². The second kappa shape index (κ2) is 9.45. The molecule has 2 aliphatic rings. The molecule has 2 unspecified atom stereocenters. The molecule has 2 aromatic heterocycles. The molecule has 0 spiro atoms. The summed E-state index contributed by atoms with van der Waals surface area (Å²) in [5.74, 6) is 0.177. The van der Waals surface area contributed by atoms with Crippen LogP contribution in [0, 0.1) is 0 Å². The summed E-state index contributed by atoms with van der Waals surface area (Å²) in [6, 6.07) is 11.7. The number of likely N-dealkylation sites (tertiary alicyclic amines) is 1. The highest BCUT2D eigenvalue weighted by Crippen LogP contribution is 2.36. The van der Waals surface area contributed by atoms with Crippen LogP contribution in [0.15, 0.2) is 47.1 Å². The number of rotatable bonds is 4. The summed E-state index contributed by atoms with van der Waals surface area (Å²) in [4.78, 5) is 33.2. The van der Waals surface area contributed by atoms with Gasteiger partial charge in [0.1, 0.15) is 5.76 Å². The number of esters is 1. The van der Waals surface area contributed by atoms with Crippen molar-refractivity contribution in [3.8, 4) is 0 Å². The van der Waals surface area contributed by atoms with Crippen molar-refractivity contribution in [3.05, 3.63) is 65.2 Å². The van der Waals surface area contributed by atoms with Crippen LogP contribution < -0.4 is 0 Å². The molecule has 1 aliphatic carbocycles. The number of ether oxygens (including phenoxy) is 1. The number of piperidine rings is 1. The second-order valence-electron chi connectivity index (χ2n) is 9.38. The molecule has 1 amide bonds. The molecule has 3 aromatic rings. The van der Waals surface area contributed by atoms with Crippen molar-refractivity contribution in [1.82, 2.24) is 9.88 Å². The Hall–Kier alpha value is -3.41. The van der Waals surface area contributed by atoms with E-state index in [0.29, 0.717) is 5.56 Å². The molecule has 1 aromatic carbocycles. The fraction of sp³-hybridized carbons (Fsp3) is 0.393. The predicted molar refractivity (Wildman–Crippen MR) is 131 cm³/mol. The van der Waals surface area contributed by atoms with E-state index in [9.17, 15) is 9.59 Å². The molecule has 0 N–H and O–H groups in total. The van der Waals surface area contributed by atoms with Gasteiger partial charge in [0.15, 0.2) is 6.61 Å². The lowest BCUT2D eigenvalue weighted by atomic mass is 9.86. The number of pyridine rings is 1. The Kier molecular flexibility index (Phi) is 6.22. The topological polar surface area (TPSA) is 72.6 Å². The van der Waals surface area contributed by atoms with Crippen molar-refractivity contribution in [3.63, 3.8) is 0 Å². The molecule has 176 valence electrons.